The SMILES string of the molecule is CCN(C1=NS(=O)(=O)c2cc(Cl)c(Cl)cc2N1)c1cccnc1. The zero-order valence-corrected chi connectivity index (χ0v) is 14.3. The minimum absolute atomic E-state index is 0.00195. The Morgan fingerprint density at radius 1 is 1.26 bits per heavy atom. The Kier molecular flexibility index (Phi) is 4.18. The number of aromatic nitrogens is 1. The summed E-state index contributed by atoms with van der Waals surface area (Å²) in [6.45, 7) is 2.39. The molecule has 1 aromatic carbocycles. The van der Waals surface area contributed by atoms with Crippen LogP contribution in [0.5, 0.6) is 0 Å². The Bertz CT molecular complexity index is 885. The van der Waals surface area contributed by atoms with E-state index < -0.39 is 10.0 Å². The number of halogens is 2. The molecule has 0 fully saturated rings. The quantitative estimate of drug-likeness (QED) is 0.876. The van der Waals surface area contributed by atoms with Gasteiger partial charge in [-0.1, -0.05) is 23.2 Å². The van der Waals surface area contributed by atoms with E-state index in [0.717, 1.165) is 5.69 Å². The molecule has 0 unspecified atom stereocenters. The van der Waals surface area contributed by atoms with Gasteiger partial charge in [0.15, 0.2) is 0 Å². The molecule has 2 heterocycles. The molecule has 0 saturated carbocycles. The van der Waals surface area contributed by atoms with Gasteiger partial charge in [-0.15, -0.1) is 4.40 Å². The van der Waals surface area contributed by atoms with E-state index in [4.69, 9.17) is 23.2 Å². The molecule has 3 rings (SSSR count). The summed E-state index contributed by atoms with van der Waals surface area (Å²) < 4.78 is 28.7. The molecule has 0 radical (unpaired) electrons. The van der Waals surface area contributed by atoms with E-state index in [1.54, 1.807) is 23.4 Å². The first kappa shape index (κ1) is 16.0. The van der Waals surface area contributed by atoms with Crippen LogP contribution >= 0.6 is 23.2 Å². The maximum absolute atomic E-state index is 12.4. The van der Waals surface area contributed by atoms with Crippen molar-refractivity contribution in [2.45, 2.75) is 11.8 Å². The molecule has 1 aliphatic rings. The Balaban J connectivity index is 2.09. The van der Waals surface area contributed by atoms with Crippen molar-refractivity contribution in [2.24, 2.45) is 4.40 Å². The smallest absolute Gasteiger partial charge is 0.287 e. The largest absolute Gasteiger partial charge is 0.324 e. The van der Waals surface area contributed by atoms with Gasteiger partial charge < -0.3 is 10.2 Å². The summed E-state index contributed by atoms with van der Waals surface area (Å²) >= 11 is 11.9. The molecule has 1 aromatic heterocycles. The lowest BCUT2D eigenvalue weighted by molar-refractivity contribution is 0.597. The highest BCUT2D eigenvalue weighted by Crippen LogP contribution is 2.35. The molecule has 1 N–H and O–H groups in total. The maximum Gasteiger partial charge on any atom is 0.287 e. The minimum Gasteiger partial charge on any atom is -0.324 e. The summed E-state index contributed by atoms with van der Waals surface area (Å²) in [5.74, 6) is 0.186. The molecule has 120 valence electrons. The zero-order chi connectivity index (χ0) is 16.6. The second-order valence-corrected chi connectivity index (χ2v) is 7.12. The molecule has 0 amide bonds. The Labute approximate surface area is 143 Å². The predicted molar refractivity (Wildman–Crippen MR) is 92.0 cm³/mol. The van der Waals surface area contributed by atoms with Crippen LogP contribution in [0.2, 0.25) is 10.0 Å². The molecule has 0 spiro atoms. The number of nitrogens with zero attached hydrogens (tertiary/aromatic N) is 3. The van der Waals surface area contributed by atoms with Gasteiger partial charge in [0.2, 0.25) is 5.96 Å². The number of hydrogen-bond acceptors (Lipinski definition) is 5. The van der Waals surface area contributed by atoms with Crippen LogP contribution in [0.25, 0.3) is 0 Å². The number of fused-ring (bicyclic) bond motifs is 1. The van der Waals surface area contributed by atoms with Gasteiger partial charge >= 0.3 is 0 Å². The van der Waals surface area contributed by atoms with Crippen LogP contribution in [-0.4, -0.2) is 25.9 Å². The number of benzene rings is 1. The fourth-order valence-corrected chi connectivity index (χ4v) is 3.75. The third-order valence-electron chi connectivity index (χ3n) is 3.28. The van der Waals surface area contributed by atoms with Gasteiger partial charge in [0.05, 0.1) is 27.6 Å². The van der Waals surface area contributed by atoms with Crippen molar-refractivity contribution >= 4 is 50.6 Å². The second-order valence-electron chi connectivity index (χ2n) is 4.73. The van der Waals surface area contributed by atoms with E-state index >= 15 is 0 Å². The molecule has 0 bridgehead atoms. The van der Waals surface area contributed by atoms with Gasteiger partial charge in [-0.05, 0) is 31.2 Å². The first-order valence-corrected chi connectivity index (χ1v) is 8.90. The van der Waals surface area contributed by atoms with Crippen molar-refractivity contribution in [3.05, 3.63) is 46.7 Å². The van der Waals surface area contributed by atoms with E-state index in [9.17, 15) is 8.42 Å². The fraction of sp³-hybridized carbons (Fsp3) is 0.143. The van der Waals surface area contributed by atoms with Crippen LogP contribution in [0.3, 0.4) is 0 Å². The minimum atomic E-state index is -3.87. The van der Waals surface area contributed by atoms with E-state index in [1.807, 2.05) is 13.0 Å². The lowest BCUT2D eigenvalue weighted by atomic mass is 10.3. The molecule has 23 heavy (non-hydrogen) atoms. The van der Waals surface area contributed by atoms with Crippen LogP contribution in [0.4, 0.5) is 11.4 Å². The Morgan fingerprint density at radius 2 is 2.00 bits per heavy atom. The van der Waals surface area contributed by atoms with Crippen LogP contribution in [0.1, 0.15) is 6.92 Å². The molecule has 0 aliphatic carbocycles. The summed E-state index contributed by atoms with van der Waals surface area (Å²) in [5.41, 5.74) is 1.06. The van der Waals surface area contributed by atoms with Gasteiger partial charge in [-0.25, -0.2) is 0 Å². The topological polar surface area (TPSA) is 74.7 Å². The summed E-state index contributed by atoms with van der Waals surface area (Å²) in [4.78, 5) is 5.74. The van der Waals surface area contributed by atoms with E-state index in [2.05, 4.69) is 14.7 Å². The predicted octanol–water partition coefficient (Wildman–Crippen LogP) is 3.39. The van der Waals surface area contributed by atoms with Crippen LogP contribution in [-0.2, 0) is 10.0 Å². The highest BCUT2D eigenvalue weighted by molar-refractivity contribution is 7.90. The molecule has 0 atom stereocenters. The lowest BCUT2D eigenvalue weighted by Crippen LogP contribution is -2.39. The van der Waals surface area contributed by atoms with Gasteiger partial charge in [0.1, 0.15) is 4.90 Å². The summed E-state index contributed by atoms with van der Waals surface area (Å²) in [6, 6.07) is 6.35. The summed E-state index contributed by atoms with van der Waals surface area (Å²) in [5, 5.41) is 3.42. The molecular weight excluding hydrogens is 359 g/mol. The lowest BCUT2D eigenvalue weighted by Gasteiger charge is -2.28. The van der Waals surface area contributed by atoms with Crippen molar-refractivity contribution in [3.8, 4) is 0 Å². The maximum atomic E-state index is 12.4. The van der Waals surface area contributed by atoms with Crippen molar-refractivity contribution < 1.29 is 8.42 Å². The third-order valence-corrected chi connectivity index (χ3v) is 5.31. The molecule has 6 nitrogen and oxygen atoms in total. The van der Waals surface area contributed by atoms with E-state index in [1.165, 1.54) is 12.1 Å². The Morgan fingerprint density at radius 3 is 2.65 bits per heavy atom. The van der Waals surface area contributed by atoms with Crippen molar-refractivity contribution in [1.82, 2.24) is 4.98 Å². The Hall–Kier alpha value is -1.83. The van der Waals surface area contributed by atoms with Gasteiger partial charge in [0, 0.05) is 12.7 Å². The van der Waals surface area contributed by atoms with E-state index in [-0.39, 0.29) is 20.9 Å². The van der Waals surface area contributed by atoms with Crippen molar-refractivity contribution in [1.29, 1.82) is 0 Å². The molecule has 1 aliphatic heterocycles. The number of guanidine groups is 1. The number of anilines is 2. The monoisotopic (exact) mass is 370 g/mol. The van der Waals surface area contributed by atoms with Gasteiger partial charge in [-0.2, -0.15) is 8.42 Å². The fourth-order valence-electron chi connectivity index (χ4n) is 2.23. The molecule has 2 aromatic rings. The first-order valence-electron chi connectivity index (χ1n) is 6.71. The van der Waals surface area contributed by atoms with Crippen molar-refractivity contribution in [2.75, 3.05) is 16.8 Å². The molecular formula is C14H12Cl2N4O2S. The number of pyridine rings is 1. The standard InChI is InChI=1S/C14H12Cl2N4O2S/c1-2-20(9-4-3-5-17-8-9)14-18-12-6-10(15)11(16)7-13(12)23(21,22)19-14/h3-8H,2H2,1H3,(H,18,19). The van der Waals surface area contributed by atoms with Gasteiger partial charge in [-0.3, -0.25) is 4.98 Å². The highest BCUT2D eigenvalue weighted by atomic mass is 35.5. The number of sulfonamides is 1. The second kappa shape index (κ2) is 5.99. The van der Waals surface area contributed by atoms with Gasteiger partial charge in [0.25, 0.3) is 10.0 Å². The first-order chi connectivity index (χ1) is 10.9. The number of nitrogens with one attached hydrogen (secondary N) is 1. The normalized spacial score (nSPS) is 15.3. The molecule has 9 heteroatoms. The van der Waals surface area contributed by atoms with Crippen LogP contribution < -0.4 is 10.2 Å². The van der Waals surface area contributed by atoms with Crippen LogP contribution in [0, 0.1) is 0 Å². The van der Waals surface area contributed by atoms with E-state index in [0.29, 0.717) is 12.2 Å². The number of hydrogen-bond donors (Lipinski definition) is 1. The highest BCUT2D eigenvalue weighted by Gasteiger charge is 2.29. The zero-order valence-electron chi connectivity index (χ0n) is 12.0. The van der Waals surface area contributed by atoms with Crippen molar-refractivity contribution in [3.63, 3.8) is 0 Å². The summed E-state index contributed by atoms with van der Waals surface area (Å²) in [7, 11) is -3.87. The number of rotatable bonds is 2. The van der Waals surface area contributed by atoms with Crippen LogP contribution in [0.15, 0.2) is 46.0 Å². The average Bonchev–Trinajstić information content (AvgIpc) is 2.51. The summed E-state index contributed by atoms with van der Waals surface area (Å²) in [6.07, 6.45) is 3.27. The molecule has 0 saturated heterocycles. The third kappa shape index (κ3) is 2.99. The average molecular weight is 371 g/mol.